The number of hydrogen-bond donors (Lipinski definition) is 0. The highest BCUT2D eigenvalue weighted by molar-refractivity contribution is 5.75. The zero-order valence-electron chi connectivity index (χ0n) is 14.2. The van der Waals surface area contributed by atoms with Crippen LogP contribution >= 0.6 is 0 Å². The van der Waals surface area contributed by atoms with Gasteiger partial charge < -0.3 is 4.74 Å². The molecule has 0 aliphatic heterocycles. The summed E-state index contributed by atoms with van der Waals surface area (Å²) >= 11 is 0. The number of ether oxygens (including phenoxy) is 1. The first-order valence-corrected chi connectivity index (χ1v) is 9.23. The highest BCUT2D eigenvalue weighted by Crippen LogP contribution is 2.47. The van der Waals surface area contributed by atoms with Gasteiger partial charge in [0.25, 0.3) is 0 Å². The van der Waals surface area contributed by atoms with E-state index in [0.717, 1.165) is 12.8 Å². The second-order valence-electron chi connectivity index (χ2n) is 6.88. The molecule has 3 rings (SSSR count). The van der Waals surface area contributed by atoms with Crippen LogP contribution in [0.2, 0.25) is 0 Å². The molecule has 1 fully saturated rings. The number of rotatable bonds is 5. The Balaban J connectivity index is 1.88. The number of esters is 1. The second kappa shape index (κ2) is 7.81. The van der Waals surface area contributed by atoms with E-state index in [4.69, 9.17) is 4.74 Å². The summed E-state index contributed by atoms with van der Waals surface area (Å²) in [5.41, 5.74) is 4.47. The summed E-state index contributed by atoms with van der Waals surface area (Å²) in [7, 11) is 0. The molecule has 2 aliphatic rings. The van der Waals surface area contributed by atoms with Gasteiger partial charge >= 0.3 is 5.97 Å². The third-order valence-electron chi connectivity index (χ3n) is 5.42. The van der Waals surface area contributed by atoms with Crippen LogP contribution in [-0.2, 0) is 9.53 Å². The molecule has 0 heterocycles. The Labute approximate surface area is 139 Å². The van der Waals surface area contributed by atoms with Crippen LogP contribution in [0.1, 0.15) is 63.9 Å². The fraction of sp³-hybridized carbons (Fsp3) is 0.571. The Morgan fingerprint density at radius 1 is 1.09 bits per heavy atom. The van der Waals surface area contributed by atoms with Crippen LogP contribution in [0, 0.1) is 11.8 Å². The number of carbonyl (C=O) groups is 1. The van der Waals surface area contributed by atoms with E-state index in [9.17, 15) is 4.79 Å². The van der Waals surface area contributed by atoms with Gasteiger partial charge in [-0.2, -0.15) is 0 Å². The molecule has 124 valence electrons. The molecule has 2 nitrogen and oxygen atoms in total. The van der Waals surface area contributed by atoms with E-state index in [1.165, 1.54) is 43.2 Å². The average molecular weight is 312 g/mol. The summed E-state index contributed by atoms with van der Waals surface area (Å²) in [6.45, 7) is 2.37. The lowest BCUT2D eigenvalue weighted by molar-refractivity contribution is -0.144. The van der Waals surface area contributed by atoms with Crippen molar-refractivity contribution in [3.63, 3.8) is 0 Å². The lowest BCUT2D eigenvalue weighted by Gasteiger charge is -2.28. The van der Waals surface area contributed by atoms with Crippen molar-refractivity contribution in [2.45, 2.75) is 58.3 Å². The van der Waals surface area contributed by atoms with Crippen molar-refractivity contribution in [2.75, 3.05) is 6.61 Å². The fourth-order valence-corrected chi connectivity index (χ4v) is 4.44. The first kappa shape index (κ1) is 16.3. The fourth-order valence-electron chi connectivity index (χ4n) is 4.44. The third kappa shape index (κ3) is 3.85. The third-order valence-corrected chi connectivity index (χ3v) is 5.42. The molecule has 2 heteroatoms. The predicted octanol–water partition coefficient (Wildman–Crippen LogP) is 5.38. The summed E-state index contributed by atoms with van der Waals surface area (Å²) < 4.78 is 5.22. The van der Waals surface area contributed by atoms with Gasteiger partial charge in [0, 0.05) is 0 Å². The number of allylic oxidation sites excluding steroid dienone is 2. The Bertz CT molecular complexity index is 552. The molecule has 0 spiro atoms. The molecule has 0 bridgehead atoms. The topological polar surface area (TPSA) is 26.3 Å². The van der Waals surface area contributed by atoms with E-state index in [-0.39, 0.29) is 5.97 Å². The van der Waals surface area contributed by atoms with Crippen molar-refractivity contribution >= 4 is 11.5 Å². The van der Waals surface area contributed by atoms with Gasteiger partial charge in [-0.3, -0.25) is 4.79 Å². The molecule has 1 atom stereocenters. The molecule has 0 aromatic heterocycles. The van der Waals surface area contributed by atoms with Crippen LogP contribution in [0.25, 0.3) is 5.57 Å². The Morgan fingerprint density at radius 3 is 2.52 bits per heavy atom. The smallest absolute Gasteiger partial charge is 0.306 e. The first-order valence-electron chi connectivity index (χ1n) is 9.23. The molecule has 0 radical (unpaired) electrons. The van der Waals surface area contributed by atoms with E-state index in [2.05, 4.69) is 30.3 Å². The minimum atomic E-state index is -0.0277. The first-order chi connectivity index (χ1) is 11.3. The van der Waals surface area contributed by atoms with Gasteiger partial charge in [0.15, 0.2) is 0 Å². The number of carbonyl (C=O) groups excluding carboxylic acids is 1. The lowest BCUT2D eigenvalue weighted by Crippen LogP contribution is -2.18. The normalized spacial score (nSPS) is 22.4. The largest absolute Gasteiger partial charge is 0.466 e. The van der Waals surface area contributed by atoms with E-state index in [1.807, 2.05) is 6.92 Å². The van der Waals surface area contributed by atoms with Crippen LogP contribution in [-0.4, -0.2) is 12.6 Å². The average Bonchev–Trinajstić information content (AvgIpc) is 3.00. The zero-order valence-corrected chi connectivity index (χ0v) is 14.2. The van der Waals surface area contributed by atoms with Gasteiger partial charge in [-0.1, -0.05) is 55.2 Å². The molecule has 2 aliphatic carbocycles. The molecule has 1 unspecified atom stereocenters. The summed E-state index contributed by atoms with van der Waals surface area (Å²) in [5, 5.41) is 0. The van der Waals surface area contributed by atoms with Crippen molar-refractivity contribution in [1.29, 1.82) is 0 Å². The van der Waals surface area contributed by atoms with E-state index < -0.39 is 0 Å². The summed E-state index contributed by atoms with van der Waals surface area (Å²) in [5.74, 6) is 1.05. The minimum Gasteiger partial charge on any atom is -0.466 e. The van der Waals surface area contributed by atoms with Crippen molar-refractivity contribution in [2.24, 2.45) is 11.8 Å². The highest BCUT2D eigenvalue weighted by atomic mass is 16.5. The van der Waals surface area contributed by atoms with Crippen LogP contribution in [0.15, 0.2) is 35.9 Å². The maximum absolute atomic E-state index is 12.0. The molecule has 0 saturated heterocycles. The van der Waals surface area contributed by atoms with Crippen molar-refractivity contribution in [3.05, 3.63) is 41.5 Å². The number of benzene rings is 1. The quantitative estimate of drug-likeness (QED) is 0.682. The monoisotopic (exact) mass is 312 g/mol. The van der Waals surface area contributed by atoms with E-state index in [1.54, 1.807) is 5.57 Å². The standard InChI is InChI=1S/C21H28O2/c1-2-23-20(22)15-18-13-14-19(16-9-5-3-6-10-16)21(18)17-11-7-4-8-12-17/h3,5-6,9-10,17-18H,2,4,7-8,11-15H2,1H3. The molecule has 1 saturated carbocycles. The van der Waals surface area contributed by atoms with Gasteiger partial charge in [0.1, 0.15) is 0 Å². The van der Waals surface area contributed by atoms with Gasteiger partial charge in [-0.25, -0.2) is 0 Å². The van der Waals surface area contributed by atoms with Crippen LogP contribution < -0.4 is 0 Å². The maximum Gasteiger partial charge on any atom is 0.306 e. The van der Waals surface area contributed by atoms with Crippen molar-refractivity contribution in [3.8, 4) is 0 Å². The Morgan fingerprint density at radius 2 is 1.83 bits per heavy atom. The summed E-state index contributed by atoms with van der Waals surface area (Å²) in [6, 6.07) is 10.8. The molecule has 1 aromatic carbocycles. The zero-order chi connectivity index (χ0) is 16.1. The highest BCUT2D eigenvalue weighted by Gasteiger charge is 2.33. The van der Waals surface area contributed by atoms with Gasteiger partial charge in [0.2, 0.25) is 0 Å². The van der Waals surface area contributed by atoms with E-state index >= 15 is 0 Å². The predicted molar refractivity (Wildman–Crippen MR) is 93.9 cm³/mol. The lowest BCUT2D eigenvalue weighted by atomic mass is 9.77. The van der Waals surface area contributed by atoms with Crippen LogP contribution in [0.5, 0.6) is 0 Å². The summed E-state index contributed by atoms with van der Waals surface area (Å²) in [4.78, 5) is 12.0. The summed E-state index contributed by atoms with van der Waals surface area (Å²) in [6.07, 6.45) is 9.42. The molecular formula is C21H28O2. The van der Waals surface area contributed by atoms with Crippen molar-refractivity contribution in [1.82, 2.24) is 0 Å². The molecule has 0 amide bonds. The van der Waals surface area contributed by atoms with Gasteiger partial charge in [0.05, 0.1) is 13.0 Å². The molecular weight excluding hydrogens is 284 g/mol. The molecule has 23 heavy (non-hydrogen) atoms. The van der Waals surface area contributed by atoms with Gasteiger partial charge in [-0.15, -0.1) is 0 Å². The molecule has 0 N–H and O–H groups in total. The van der Waals surface area contributed by atoms with Gasteiger partial charge in [-0.05, 0) is 55.6 Å². The SMILES string of the molecule is CCOC(=O)CC1CCC(c2ccccc2)=C1C1CCCCC1. The van der Waals surface area contributed by atoms with Crippen LogP contribution in [0.3, 0.4) is 0 Å². The minimum absolute atomic E-state index is 0.0277. The maximum atomic E-state index is 12.0. The Hall–Kier alpha value is -1.57. The van der Waals surface area contributed by atoms with Crippen molar-refractivity contribution < 1.29 is 9.53 Å². The van der Waals surface area contributed by atoms with Crippen LogP contribution in [0.4, 0.5) is 0 Å². The molecule has 1 aromatic rings. The Kier molecular flexibility index (Phi) is 5.53. The van der Waals surface area contributed by atoms with E-state index in [0.29, 0.717) is 24.9 Å². The second-order valence-corrected chi connectivity index (χ2v) is 6.88. The number of hydrogen-bond acceptors (Lipinski definition) is 2.